The van der Waals surface area contributed by atoms with Crippen LogP contribution in [0.2, 0.25) is 0 Å². The van der Waals surface area contributed by atoms with Crippen LogP contribution in [0.25, 0.3) is 99.2 Å². The van der Waals surface area contributed by atoms with E-state index in [4.69, 9.17) is 8.83 Å². The van der Waals surface area contributed by atoms with Crippen LogP contribution in [-0.2, 0) is 0 Å². The molecule has 10 aromatic carbocycles. The predicted octanol–water partition coefficient (Wildman–Crippen LogP) is 16.8. The summed E-state index contributed by atoms with van der Waals surface area (Å²) in [6.45, 7) is 0. The van der Waals surface area contributed by atoms with Gasteiger partial charge in [-0.25, -0.2) is 0 Å². The number of rotatable bonds is 7. The van der Waals surface area contributed by atoms with Crippen LogP contribution in [0, 0.1) is 0 Å². The lowest BCUT2D eigenvalue weighted by atomic mass is 9.90. The summed E-state index contributed by atoms with van der Waals surface area (Å²) in [5.74, 6) is 0. The third-order valence-electron chi connectivity index (χ3n) is 12.1. The first-order valence-corrected chi connectivity index (χ1v) is 20.7. The largest absolute Gasteiger partial charge is 0.456 e. The van der Waals surface area contributed by atoms with Gasteiger partial charge in [-0.2, -0.15) is 0 Å². The Balaban J connectivity index is 1.09. The molecule has 0 bridgehead atoms. The number of para-hydroxylation sites is 4. The monoisotopic (exact) mass is 779 g/mol. The van der Waals surface area contributed by atoms with E-state index in [1.54, 1.807) is 0 Å². The Morgan fingerprint density at radius 3 is 1.52 bits per heavy atom. The van der Waals surface area contributed by atoms with Gasteiger partial charge in [0.25, 0.3) is 0 Å². The summed E-state index contributed by atoms with van der Waals surface area (Å²) < 4.78 is 12.6. The van der Waals surface area contributed by atoms with Crippen molar-refractivity contribution in [2.45, 2.75) is 0 Å². The molecule has 0 atom stereocenters. The molecule has 0 radical (unpaired) electrons. The second-order valence-electron chi connectivity index (χ2n) is 15.6. The SMILES string of the molecule is c1ccc(-c2cccc3cccc(-c4ccccc4N(c4ccc(-c5ccc6oc7ccccc7c6c5)cc4)c4ccccc4-c4cccc5oc6ccccc6c45)c23)cc1. The molecule has 0 aliphatic heterocycles. The molecular formula is C58H37NO2. The summed E-state index contributed by atoms with van der Waals surface area (Å²) in [4.78, 5) is 2.44. The normalized spacial score (nSPS) is 11.6. The highest BCUT2D eigenvalue weighted by atomic mass is 16.3. The van der Waals surface area contributed by atoms with Gasteiger partial charge in [-0.1, -0.05) is 170 Å². The third-order valence-corrected chi connectivity index (χ3v) is 12.1. The molecule has 3 nitrogen and oxygen atoms in total. The van der Waals surface area contributed by atoms with Crippen molar-refractivity contribution in [3.05, 3.63) is 224 Å². The molecule has 0 unspecified atom stereocenters. The number of anilines is 3. The Hall–Kier alpha value is -8.14. The molecule has 12 aromatic rings. The van der Waals surface area contributed by atoms with Crippen LogP contribution in [0.4, 0.5) is 17.1 Å². The predicted molar refractivity (Wildman–Crippen MR) is 255 cm³/mol. The highest BCUT2D eigenvalue weighted by molar-refractivity contribution is 6.15. The topological polar surface area (TPSA) is 29.5 Å². The maximum absolute atomic E-state index is 6.43. The van der Waals surface area contributed by atoms with Crippen LogP contribution in [0.15, 0.2) is 233 Å². The Morgan fingerprint density at radius 1 is 0.279 bits per heavy atom. The van der Waals surface area contributed by atoms with E-state index in [-0.39, 0.29) is 0 Å². The van der Waals surface area contributed by atoms with Crippen molar-refractivity contribution in [2.75, 3.05) is 4.90 Å². The first-order valence-electron chi connectivity index (χ1n) is 20.7. The number of nitrogens with zero attached hydrogens (tertiary/aromatic N) is 1. The molecule has 61 heavy (non-hydrogen) atoms. The average Bonchev–Trinajstić information content (AvgIpc) is 3.91. The molecule has 0 aliphatic rings. The van der Waals surface area contributed by atoms with E-state index in [1.165, 1.54) is 27.5 Å². The summed E-state index contributed by atoms with van der Waals surface area (Å²) in [5.41, 5.74) is 16.0. The van der Waals surface area contributed by atoms with Gasteiger partial charge in [-0.15, -0.1) is 0 Å². The molecule has 2 heterocycles. The maximum atomic E-state index is 6.43. The van der Waals surface area contributed by atoms with E-state index in [2.05, 4.69) is 211 Å². The van der Waals surface area contributed by atoms with Gasteiger partial charge in [0.15, 0.2) is 0 Å². The van der Waals surface area contributed by atoms with Crippen LogP contribution in [0.5, 0.6) is 0 Å². The van der Waals surface area contributed by atoms with Gasteiger partial charge in [0.1, 0.15) is 22.3 Å². The molecular weight excluding hydrogens is 743 g/mol. The number of fused-ring (bicyclic) bond motifs is 7. The number of hydrogen-bond donors (Lipinski definition) is 0. The van der Waals surface area contributed by atoms with Crippen molar-refractivity contribution < 1.29 is 8.83 Å². The summed E-state index contributed by atoms with van der Waals surface area (Å²) in [6.07, 6.45) is 0. The van der Waals surface area contributed by atoms with E-state index < -0.39 is 0 Å². The summed E-state index contributed by atoms with van der Waals surface area (Å²) >= 11 is 0. The zero-order valence-electron chi connectivity index (χ0n) is 33.1. The minimum Gasteiger partial charge on any atom is -0.456 e. The van der Waals surface area contributed by atoms with Gasteiger partial charge in [0, 0.05) is 38.4 Å². The van der Waals surface area contributed by atoms with Gasteiger partial charge < -0.3 is 13.7 Å². The number of benzene rings is 10. The van der Waals surface area contributed by atoms with E-state index in [1.807, 2.05) is 18.2 Å². The van der Waals surface area contributed by atoms with E-state index in [0.717, 1.165) is 88.8 Å². The third kappa shape index (κ3) is 5.82. The highest BCUT2D eigenvalue weighted by Crippen LogP contribution is 2.49. The molecule has 2 aromatic heterocycles. The average molecular weight is 780 g/mol. The van der Waals surface area contributed by atoms with E-state index >= 15 is 0 Å². The van der Waals surface area contributed by atoms with Crippen LogP contribution in [0.1, 0.15) is 0 Å². The first-order chi connectivity index (χ1) is 30.3. The second kappa shape index (κ2) is 14.3. The van der Waals surface area contributed by atoms with Crippen molar-refractivity contribution in [3.8, 4) is 44.5 Å². The van der Waals surface area contributed by atoms with Gasteiger partial charge in [0.05, 0.1) is 11.4 Å². The molecule has 0 saturated heterocycles. The van der Waals surface area contributed by atoms with E-state index in [0.29, 0.717) is 0 Å². The lowest BCUT2D eigenvalue weighted by molar-refractivity contribution is 0.668. The van der Waals surface area contributed by atoms with Crippen molar-refractivity contribution in [2.24, 2.45) is 0 Å². The van der Waals surface area contributed by atoms with Crippen molar-refractivity contribution in [3.63, 3.8) is 0 Å². The molecule has 0 spiro atoms. The lowest BCUT2D eigenvalue weighted by Gasteiger charge is -2.30. The maximum Gasteiger partial charge on any atom is 0.136 e. The molecule has 0 saturated carbocycles. The van der Waals surface area contributed by atoms with Crippen molar-refractivity contribution in [1.82, 2.24) is 0 Å². The minimum absolute atomic E-state index is 0.872. The Bertz CT molecular complexity index is 3590. The minimum atomic E-state index is 0.872. The summed E-state index contributed by atoms with van der Waals surface area (Å²) in [6, 6.07) is 80.1. The van der Waals surface area contributed by atoms with Gasteiger partial charge in [-0.3, -0.25) is 0 Å². The molecule has 286 valence electrons. The van der Waals surface area contributed by atoms with Crippen LogP contribution in [-0.4, -0.2) is 0 Å². The van der Waals surface area contributed by atoms with Crippen molar-refractivity contribution >= 4 is 71.7 Å². The lowest BCUT2D eigenvalue weighted by Crippen LogP contribution is -2.12. The summed E-state index contributed by atoms with van der Waals surface area (Å²) in [7, 11) is 0. The van der Waals surface area contributed by atoms with Crippen LogP contribution >= 0.6 is 0 Å². The fourth-order valence-corrected chi connectivity index (χ4v) is 9.33. The number of hydrogen-bond acceptors (Lipinski definition) is 3. The fourth-order valence-electron chi connectivity index (χ4n) is 9.33. The molecule has 0 aliphatic carbocycles. The first kappa shape index (κ1) is 34.9. The standard InChI is InChI=1S/C58H37NO2/c1-2-15-39(16-3-1)43-23-12-17-40-18-13-24-47(57(40)43)44-19-4-8-26-51(44)59(42-34-31-38(32-35-42)41-33-36-55-50(37-41)46-21-6-10-28-53(46)60-55)52-27-9-5-20-45(52)48-25-14-30-56-58(48)49-22-7-11-29-54(49)61-56/h1-37H. The smallest absolute Gasteiger partial charge is 0.136 e. The van der Waals surface area contributed by atoms with Crippen molar-refractivity contribution in [1.29, 1.82) is 0 Å². The fraction of sp³-hybridized carbons (Fsp3) is 0. The van der Waals surface area contributed by atoms with Gasteiger partial charge in [0.2, 0.25) is 0 Å². The molecule has 0 fully saturated rings. The van der Waals surface area contributed by atoms with Gasteiger partial charge in [-0.05, 0) is 98.8 Å². The second-order valence-corrected chi connectivity index (χ2v) is 15.6. The Kier molecular flexibility index (Phi) is 8.17. The van der Waals surface area contributed by atoms with Gasteiger partial charge >= 0.3 is 0 Å². The van der Waals surface area contributed by atoms with Crippen LogP contribution in [0.3, 0.4) is 0 Å². The number of furan rings is 2. The summed E-state index contributed by atoms with van der Waals surface area (Å²) in [5, 5.41) is 6.88. The molecule has 0 amide bonds. The molecule has 3 heteroatoms. The highest BCUT2D eigenvalue weighted by Gasteiger charge is 2.24. The zero-order chi connectivity index (χ0) is 40.3. The Labute approximate surface area is 353 Å². The molecule has 12 rings (SSSR count). The van der Waals surface area contributed by atoms with Crippen LogP contribution < -0.4 is 4.90 Å². The molecule has 0 N–H and O–H groups in total. The zero-order valence-corrected chi connectivity index (χ0v) is 33.1. The quantitative estimate of drug-likeness (QED) is 0.161. The Morgan fingerprint density at radius 2 is 0.787 bits per heavy atom. The van der Waals surface area contributed by atoms with E-state index in [9.17, 15) is 0 Å².